The minimum atomic E-state index is -0.234. The van der Waals surface area contributed by atoms with Crippen molar-refractivity contribution in [3.8, 4) is 11.4 Å². The number of aromatic nitrogens is 2. The third-order valence-electron chi connectivity index (χ3n) is 4.27. The first-order valence-electron chi connectivity index (χ1n) is 8.96. The average Bonchev–Trinajstić information content (AvgIpc) is 3.29. The summed E-state index contributed by atoms with van der Waals surface area (Å²) in [7, 11) is 0. The van der Waals surface area contributed by atoms with E-state index in [2.05, 4.69) is 10.3 Å². The largest absolute Gasteiger partial charge is 0.485 e. The zero-order chi connectivity index (χ0) is 19.2. The fourth-order valence-electron chi connectivity index (χ4n) is 2.81. The Labute approximate surface area is 163 Å². The van der Waals surface area contributed by atoms with Gasteiger partial charge in [0, 0.05) is 29.8 Å². The van der Waals surface area contributed by atoms with Crippen molar-refractivity contribution >= 4 is 11.7 Å². The van der Waals surface area contributed by atoms with E-state index in [1.165, 1.54) is 0 Å². The van der Waals surface area contributed by atoms with E-state index >= 15 is 0 Å². The summed E-state index contributed by atoms with van der Waals surface area (Å²) in [6.07, 6.45) is 5.54. The Kier molecular flexibility index (Phi) is 5.15. The maximum atomic E-state index is 12.6. The van der Waals surface area contributed by atoms with Crippen molar-refractivity contribution in [3.63, 3.8) is 0 Å². The Morgan fingerprint density at radius 2 is 1.64 bits per heavy atom. The van der Waals surface area contributed by atoms with E-state index in [1.54, 1.807) is 30.5 Å². The molecule has 0 saturated heterocycles. The molecule has 5 heteroatoms. The Morgan fingerprint density at radius 3 is 2.39 bits per heavy atom. The van der Waals surface area contributed by atoms with Crippen molar-refractivity contribution in [2.45, 2.75) is 6.61 Å². The van der Waals surface area contributed by atoms with Crippen LogP contribution < -0.4 is 10.1 Å². The Hall–Kier alpha value is -3.86. The van der Waals surface area contributed by atoms with E-state index in [0.29, 0.717) is 23.7 Å². The fourth-order valence-corrected chi connectivity index (χ4v) is 2.81. The van der Waals surface area contributed by atoms with Crippen molar-refractivity contribution in [2.75, 3.05) is 5.32 Å². The van der Waals surface area contributed by atoms with Crippen molar-refractivity contribution in [2.24, 2.45) is 0 Å². The van der Waals surface area contributed by atoms with Crippen LogP contribution in [0.3, 0.4) is 0 Å². The highest BCUT2D eigenvalue weighted by molar-refractivity contribution is 6.04. The van der Waals surface area contributed by atoms with Crippen molar-refractivity contribution in [3.05, 3.63) is 109 Å². The van der Waals surface area contributed by atoms with Gasteiger partial charge in [-0.25, -0.2) is 4.98 Å². The van der Waals surface area contributed by atoms with Gasteiger partial charge in [0.15, 0.2) is 11.6 Å². The zero-order valence-electron chi connectivity index (χ0n) is 15.2. The van der Waals surface area contributed by atoms with Crippen LogP contribution in [0, 0.1) is 0 Å². The highest BCUT2D eigenvalue weighted by atomic mass is 16.5. The second-order valence-electron chi connectivity index (χ2n) is 6.22. The average molecular weight is 369 g/mol. The number of carbonyl (C=O) groups excluding carboxylic acids is 1. The Balaban J connectivity index is 1.46. The number of benzene rings is 2. The topological polar surface area (TPSA) is 56.1 Å². The maximum Gasteiger partial charge on any atom is 0.256 e. The van der Waals surface area contributed by atoms with Crippen LogP contribution in [0.1, 0.15) is 15.9 Å². The van der Waals surface area contributed by atoms with Gasteiger partial charge in [-0.3, -0.25) is 4.79 Å². The molecule has 4 aromatic rings. The van der Waals surface area contributed by atoms with E-state index in [1.807, 2.05) is 71.6 Å². The third kappa shape index (κ3) is 4.10. The minimum absolute atomic E-state index is 0.234. The maximum absolute atomic E-state index is 12.6. The summed E-state index contributed by atoms with van der Waals surface area (Å²) in [6.45, 7) is 0.404. The van der Waals surface area contributed by atoms with Crippen LogP contribution in [0.25, 0.3) is 5.69 Å². The number of ether oxygens (including phenoxy) is 1. The molecule has 2 aromatic heterocycles. The van der Waals surface area contributed by atoms with Crippen LogP contribution in [0.15, 0.2) is 97.5 Å². The first-order chi connectivity index (χ1) is 13.8. The Bertz CT molecular complexity index is 1040. The highest BCUT2D eigenvalue weighted by Gasteiger charge is 2.11. The number of anilines is 1. The monoisotopic (exact) mass is 369 g/mol. The van der Waals surface area contributed by atoms with E-state index < -0.39 is 0 Å². The molecule has 5 nitrogen and oxygen atoms in total. The summed E-state index contributed by atoms with van der Waals surface area (Å²) in [5.74, 6) is 0.698. The van der Waals surface area contributed by atoms with Crippen LogP contribution in [0.5, 0.6) is 5.75 Å². The predicted octanol–water partition coefficient (Wildman–Crippen LogP) is 4.70. The van der Waals surface area contributed by atoms with E-state index in [4.69, 9.17) is 4.74 Å². The fraction of sp³-hybridized carbons (Fsp3) is 0.0435. The summed E-state index contributed by atoms with van der Waals surface area (Å²) in [5, 5.41) is 2.84. The van der Waals surface area contributed by atoms with Crippen molar-refractivity contribution < 1.29 is 9.53 Å². The van der Waals surface area contributed by atoms with Crippen LogP contribution >= 0.6 is 0 Å². The second kappa shape index (κ2) is 8.22. The third-order valence-corrected chi connectivity index (χ3v) is 4.27. The number of pyridine rings is 1. The number of rotatable bonds is 6. The molecule has 0 saturated carbocycles. The second-order valence-corrected chi connectivity index (χ2v) is 6.22. The summed E-state index contributed by atoms with van der Waals surface area (Å²) < 4.78 is 7.83. The van der Waals surface area contributed by atoms with Gasteiger partial charge in [-0.05, 0) is 54.1 Å². The molecular formula is C23H19N3O2. The molecule has 0 fully saturated rings. The molecule has 0 aliphatic heterocycles. The number of nitrogens with zero attached hydrogens (tertiary/aromatic N) is 2. The molecule has 4 rings (SSSR count). The van der Waals surface area contributed by atoms with Crippen molar-refractivity contribution in [1.82, 2.24) is 9.55 Å². The lowest BCUT2D eigenvalue weighted by molar-refractivity contribution is 0.102. The van der Waals surface area contributed by atoms with Gasteiger partial charge in [0.1, 0.15) is 6.61 Å². The standard InChI is InChI=1S/C23H19N3O2/c27-23(19-10-12-20(13-11-19)26-15-4-5-16-26)25-22-21(9-6-14-24-22)28-17-18-7-2-1-3-8-18/h1-16H,17H2,(H,24,25,27). The molecule has 0 aliphatic carbocycles. The summed E-state index contributed by atoms with van der Waals surface area (Å²) >= 11 is 0. The number of amides is 1. The number of nitrogens with one attached hydrogen (secondary N) is 1. The minimum Gasteiger partial charge on any atom is -0.485 e. The van der Waals surface area contributed by atoms with Gasteiger partial charge in [0.2, 0.25) is 0 Å². The van der Waals surface area contributed by atoms with Crippen LogP contribution in [-0.2, 0) is 6.61 Å². The molecule has 0 bridgehead atoms. The molecule has 28 heavy (non-hydrogen) atoms. The zero-order valence-corrected chi connectivity index (χ0v) is 15.2. The molecule has 1 amide bonds. The van der Waals surface area contributed by atoms with Crippen LogP contribution in [-0.4, -0.2) is 15.5 Å². The quantitative estimate of drug-likeness (QED) is 0.536. The molecule has 1 N–H and O–H groups in total. The first-order valence-corrected chi connectivity index (χ1v) is 8.96. The van der Waals surface area contributed by atoms with Crippen molar-refractivity contribution in [1.29, 1.82) is 0 Å². The highest BCUT2D eigenvalue weighted by Crippen LogP contribution is 2.23. The SMILES string of the molecule is O=C(Nc1ncccc1OCc1ccccc1)c1ccc(-n2cccc2)cc1. The molecule has 138 valence electrons. The lowest BCUT2D eigenvalue weighted by atomic mass is 10.2. The van der Waals surface area contributed by atoms with E-state index in [-0.39, 0.29) is 5.91 Å². The predicted molar refractivity (Wildman–Crippen MR) is 109 cm³/mol. The van der Waals surface area contributed by atoms with E-state index in [0.717, 1.165) is 11.3 Å². The van der Waals surface area contributed by atoms with E-state index in [9.17, 15) is 4.79 Å². The van der Waals surface area contributed by atoms with Gasteiger partial charge in [-0.1, -0.05) is 30.3 Å². The van der Waals surface area contributed by atoms with Gasteiger partial charge in [0.25, 0.3) is 5.91 Å². The van der Waals surface area contributed by atoms with Gasteiger partial charge < -0.3 is 14.6 Å². The molecule has 0 radical (unpaired) electrons. The van der Waals surface area contributed by atoms with Gasteiger partial charge in [0.05, 0.1) is 0 Å². The number of hydrogen-bond donors (Lipinski definition) is 1. The van der Waals surface area contributed by atoms with Crippen LogP contribution in [0.4, 0.5) is 5.82 Å². The lowest BCUT2D eigenvalue weighted by Crippen LogP contribution is -2.14. The summed E-state index contributed by atoms with van der Waals surface area (Å²) in [5.41, 5.74) is 2.59. The normalized spacial score (nSPS) is 10.4. The molecule has 0 aliphatic rings. The molecule has 0 spiro atoms. The molecule has 0 atom stereocenters. The number of hydrogen-bond acceptors (Lipinski definition) is 3. The molecule has 0 unspecified atom stereocenters. The lowest BCUT2D eigenvalue weighted by Gasteiger charge is -2.12. The number of carbonyl (C=O) groups is 1. The summed E-state index contributed by atoms with van der Waals surface area (Å²) in [4.78, 5) is 16.9. The smallest absolute Gasteiger partial charge is 0.256 e. The Morgan fingerprint density at radius 1 is 0.893 bits per heavy atom. The first kappa shape index (κ1) is 17.5. The van der Waals surface area contributed by atoms with Crippen LogP contribution in [0.2, 0.25) is 0 Å². The van der Waals surface area contributed by atoms with Gasteiger partial charge >= 0.3 is 0 Å². The summed E-state index contributed by atoms with van der Waals surface area (Å²) in [6, 6.07) is 24.7. The molecular weight excluding hydrogens is 350 g/mol. The molecule has 2 aromatic carbocycles. The molecule has 2 heterocycles. The van der Waals surface area contributed by atoms with Gasteiger partial charge in [-0.15, -0.1) is 0 Å². The van der Waals surface area contributed by atoms with Gasteiger partial charge in [-0.2, -0.15) is 0 Å².